The van der Waals surface area contributed by atoms with Crippen molar-refractivity contribution in [3.8, 4) is 5.75 Å². The van der Waals surface area contributed by atoms with Gasteiger partial charge in [0.1, 0.15) is 11.9 Å². The molecular formula is C6H2Cl4O. The molecule has 0 aliphatic rings. The molecule has 1 aromatic carbocycles. The third-order valence-electron chi connectivity index (χ3n) is 1.04. The van der Waals surface area contributed by atoms with Gasteiger partial charge in [-0.25, -0.2) is 0 Å². The smallest absolute Gasteiger partial charge is 0.183 e. The average Bonchev–Trinajstić information content (AvgIpc) is 1.85. The van der Waals surface area contributed by atoms with E-state index in [0.717, 1.165) is 0 Å². The van der Waals surface area contributed by atoms with Crippen LogP contribution in [0.2, 0.25) is 15.1 Å². The van der Waals surface area contributed by atoms with Crippen molar-refractivity contribution in [2.24, 2.45) is 0 Å². The maximum Gasteiger partial charge on any atom is 0.183 e. The van der Waals surface area contributed by atoms with E-state index in [2.05, 4.69) is 4.29 Å². The minimum absolute atomic E-state index is 0.222. The molecule has 0 N–H and O–H groups in total. The van der Waals surface area contributed by atoms with Crippen LogP contribution in [0.1, 0.15) is 0 Å². The first-order chi connectivity index (χ1) is 5.15. The summed E-state index contributed by atoms with van der Waals surface area (Å²) in [4.78, 5) is 0. The molecule has 1 aromatic rings. The Hall–Kier alpha value is 0.180. The van der Waals surface area contributed by atoms with Gasteiger partial charge in [-0.2, -0.15) is 0 Å². The van der Waals surface area contributed by atoms with Crippen molar-refractivity contribution in [1.29, 1.82) is 0 Å². The van der Waals surface area contributed by atoms with Gasteiger partial charge in [0.2, 0.25) is 0 Å². The Morgan fingerprint density at radius 2 is 1.45 bits per heavy atom. The van der Waals surface area contributed by atoms with Crippen molar-refractivity contribution in [1.82, 2.24) is 0 Å². The first kappa shape index (κ1) is 9.27. The minimum Gasteiger partial charge on any atom is -0.382 e. The Bertz CT molecular complexity index is 250. The largest absolute Gasteiger partial charge is 0.382 e. The Labute approximate surface area is 83.9 Å². The molecule has 0 bridgehead atoms. The van der Waals surface area contributed by atoms with Crippen molar-refractivity contribution in [3.05, 3.63) is 27.2 Å². The summed E-state index contributed by atoms with van der Waals surface area (Å²) in [5, 5.41) is 1.02. The Kier molecular flexibility index (Phi) is 3.14. The second kappa shape index (κ2) is 3.72. The maximum atomic E-state index is 5.66. The minimum atomic E-state index is 0.222. The molecule has 0 aliphatic heterocycles. The van der Waals surface area contributed by atoms with Crippen LogP contribution >= 0.6 is 46.7 Å². The van der Waals surface area contributed by atoms with Crippen molar-refractivity contribution < 1.29 is 4.29 Å². The average molecular weight is 232 g/mol. The van der Waals surface area contributed by atoms with Gasteiger partial charge >= 0.3 is 0 Å². The maximum absolute atomic E-state index is 5.66. The first-order valence-corrected chi connectivity index (χ1v) is 4.02. The van der Waals surface area contributed by atoms with Crippen LogP contribution in [0.15, 0.2) is 12.1 Å². The summed E-state index contributed by atoms with van der Waals surface area (Å²) >= 11 is 22.0. The molecule has 0 fully saturated rings. The molecule has 0 spiro atoms. The molecule has 0 saturated carbocycles. The summed E-state index contributed by atoms with van der Waals surface area (Å²) in [5.74, 6) is 0.222. The highest BCUT2D eigenvalue weighted by molar-refractivity contribution is 6.40. The van der Waals surface area contributed by atoms with Crippen molar-refractivity contribution in [2.75, 3.05) is 0 Å². The molecule has 60 valence electrons. The molecular weight excluding hydrogens is 230 g/mol. The van der Waals surface area contributed by atoms with Gasteiger partial charge in [0.25, 0.3) is 0 Å². The summed E-state index contributed by atoms with van der Waals surface area (Å²) in [6, 6.07) is 2.99. The van der Waals surface area contributed by atoms with Gasteiger partial charge in [-0.05, 0) is 12.1 Å². The molecule has 1 rings (SSSR count). The molecule has 0 radical (unpaired) electrons. The lowest BCUT2D eigenvalue weighted by Gasteiger charge is -2.01. The molecule has 0 aliphatic carbocycles. The summed E-state index contributed by atoms with van der Waals surface area (Å²) in [7, 11) is 0. The molecule has 0 unspecified atom stereocenters. The molecule has 1 nitrogen and oxygen atoms in total. The fourth-order valence-corrected chi connectivity index (χ4v) is 1.74. The van der Waals surface area contributed by atoms with Crippen LogP contribution in [-0.4, -0.2) is 0 Å². The number of hydrogen-bond donors (Lipinski definition) is 0. The topological polar surface area (TPSA) is 9.23 Å². The second-order valence-corrected chi connectivity index (χ2v) is 3.18. The van der Waals surface area contributed by atoms with E-state index in [0.29, 0.717) is 5.02 Å². The van der Waals surface area contributed by atoms with Crippen LogP contribution < -0.4 is 4.29 Å². The van der Waals surface area contributed by atoms with E-state index in [4.69, 9.17) is 46.7 Å². The van der Waals surface area contributed by atoms with Crippen molar-refractivity contribution >= 4 is 46.7 Å². The predicted molar refractivity (Wildman–Crippen MR) is 48.0 cm³/mol. The quantitative estimate of drug-likeness (QED) is 0.705. The van der Waals surface area contributed by atoms with Gasteiger partial charge in [0.15, 0.2) is 5.75 Å². The highest BCUT2D eigenvalue weighted by Gasteiger charge is 2.07. The zero-order valence-corrected chi connectivity index (χ0v) is 8.10. The van der Waals surface area contributed by atoms with E-state index < -0.39 is 0 Å². The number of hydrogen-bond acceptors (Lipinski definition) is 1. The second-order valence-electron chi connectivity index (χ2n) is 1.78. The number of benzene rings is 1. The van der Waals surface area contributed by atoms with Gasteiger partial charge < -0.3 is 4.29 Å². The molecule has 0 heterocycles. The van der Waals surface area contributed by atoms with Crippen LogP contribution in [0.5, 0.6) is 5.75 Å². The summed E-state index contributed by atoms with van der Waals surface area (Å²) < 4.78 is 4.38. The number of halogens is 4. The third-order valence-corrected chi connectivity index (χ3v) is 1.97. The lowest BCUT2D eigenvalue weighted by atomic mass is 10.3. The van der Waals surface area contributed by atoms with E-state index >= 15 is 0 Å². The zero-order chi connectivity index (χ0) is 8.43. The standard InChI is InChI=1S/C6H2Cl4O/c7-3-1-4(8)6(11-10)5(9)2-3/h1-2H. The number of rotatable bonds is 1. The van der Waals surface area contributed by atoms with E-state index in [1.807, 2.05) is 0 Å². The van der Waals surface area contributed by atoms with Crippen molar-refractivity contribution in [3.63, 3.8) is 0 Å². The normalized spacial score (nSPS) is 9.82. The molecule has 0 atom stereocenters. The van der Waals surface area contributed by atoms with Crippen LogP contribution in [0.3, 0.4) is 0 Å². The fourth-order valence-electron chi connectivity index (χ4n) is 0.603. The van der Waals surface area contributed by atoms with E-state index in [9.17, 15) is 0 Å². The van der Waals surface area contributed by atoms with Crippen LogP contribution in [-0.2, 0) is 0 Å². The highest BCUT2D eigenvalue weighted by atomic mass is 35.5. The Balaban J connectivity index is 3.25. The molecule has 5 heteroatoms. The van der Waals surface area contributed by atoms with Crippen LogP contribution in [0.4, 0.5) is 0 Å². The van der Waals surface area contributed by atoms with E-state index in [-0.39, 0.29) is 15.8 Å². The highest BCUT2D eigenvalue weighted by Crippen LogP contribution is 2.36. The van der Waals surface area contributed by atoms with Crippen LogP contribution in [0.25, 0.3) is 0 Å². The molecule has 0 amide bonds. The monoisotopic (exact) mass is 230 g/mol. The fraction of sp³-hybridized carbons (Fsp3) is 0. The Morgan fingerprint density at radius 1 is 1.00 bits per heavy atom. The molecule has 11 heavy (non-hydrogen) atoms. The molecule has 0 aromatic heterocycles. The zero-order valence-electron chi connectivity index (χ0n) is 5.07. The lowest BCUT2D eigenvalue weighted by molar-refractivity contribution is 0.620. The SMILES string of the molecule is ClOc1c(Cl)cc(Cl)cc1Cl. The summed E-state index contributed by atoms with van der Waals surface area (Å²) in [6.45, 7) is 0. The van der Waals surface area contributed by atoms with Crippen LogP contribution in [0, 0.1) is 0 Å². The van der Waals surface area contributed by atoms with Gasteiger partial charge in [0.05, 0.1) is 10.0 Å². The van der Waals surface area contributed by atoms with Crippen molar-refractivity contribution in [2.45, 2.75) is 0 Å². The third kappa shape index (κ3) is 2.06. The van der Waals surface area contributed by atoms with Gasteiger partial charge in [-0.15, -0.1) is 0 Å². The summed E-state index contributed by atoms with van der Waals surface area (Å²) in [6.07, 6.45) is 0. The summed E-state index contributed by atoms with van der Waals surface area (Å²) in [5.41, 5.74) is 0. The van der Waals surface area contributed by atoms with E-state index in [1.165, 1.54) is 12.1 Å². The lowest BCUT2D eigenvalue weighted by Crippen LogP contribution is -1.78. The predicted octanol–water partition coefficient (Wildman–Crippen LogP) is 4.18. The first-order valence-electron chi connectivity index (χ1n) is 2.58. The van der Waals surface area contributed by atoms with Gasteiger partial charge in [0, 0.05) is 5.02 Å². The molecule has 0 saturated heterocycles. The van der Waals surface area contributed by atoms with E-state index in [1.54, 1.807) is 0 Å². The van der Waals surface area contributed by atoms with Gasteiger partial charge in [-0.3, -0.25) is 0 Å². The Morgan fingerprint density at radius 3 is 1.82 bits per heavy atom. The van der Waals surface area contributed by atoms with Gasteiger partial charge in [-0.1, -0.05) is 34.8 Å².